The number of rotatable bonds is 8. The Labute approximate surface area is 180 Å². The van der Waals surface area contributed by atoms with Crippen LogP contribution in [0, 0.1) is 5.92 Å². The van der Waals surface area contributed by atoms with Crippen molar-refractivity contribution in [3.8, 4) is 0 Å². The lowest BCUT2D eigenvalue weighted by atomic mass is 9.95. The maximum absolute atomic E-state index is 13.0. The molecule has 1 aromatic carbocycles. The molecule has 0 radical (unpaired) electrons. The Balaban J connectivity index is 1.54. The van der Waals surface area contributed by atoms with E-state index < -0.39 is 11.9 Å². The van der Waals surface area contributed by atoms with Gasteiger partial charge in [0.2, 0.25) is 11.8 Å². The molecule has 1 aliphatic heterocycles. The fourth-order valence-electron chi connectivity index (χ4n) is 3.48. The molecular weight excluding hydrogens is 402 g/mol. The summed E-state index contributed by atoms with van der Waals surface area (Å²) in [6, 6.07) is 12.0. The number of para-hydroxylation sites is 1. The minimum atomic E-state index is -0.607. The molecule has 1 aromatic heterocycles. The second kappa shape index (κ2) is 10.9. The van der Waals surface area contributed by atoms with Crippen LogP contribution in [0.2, 0.25) is 0 Å². The van der Waals surface area contributed by atoms with Crippen LogP contribution < -0.4 is 10.6 Å². The summed E-state index contributed by atoms with van der Waals surface area (Å²) in [4.78, 5) is 39.7. The highest BCUT2D eigenvalue weighted by Gasteiger charge is 2.31. The number of benzene rings is 1. The van der Waals surface area contributed by atoms with Crippen LogP contribution in [0.1, 0.15) is 29.8 Å². The van der Waals surface area contributed by atoms with Crippen LogP contribution >= 0.6 is 11.8 Å². The first-order chi connectivity index (χ1) is 14.6. The SMILES string of the molecule is CSCC[C@@H](NC(=O)c1ccco1)C(=O)N1CCC(C(=O)Nc2ccccc2)CC1. The summed E-state index contributed by atoms with van der Waals surface area (Å²) in [7, 11) is 0. The van der Waals surface area contributed by atoms with E-state index >= 15 is 0 Å². The van der Waals surface area contributed by atoms with Gasteiger partial charge < -0.3 is 20.0 Å². The van der Waals surface area contributed by atoms with Crippen molar-refractivity contribution in [3.05, 3.63) is 54.5 Å². The molecule has 3 rings (SSSR count). The molecule has 0 bridgehead atoms. The molecule has 0 saturated carbocycles. The number of carbonyl (C=O) groups excluding carboxylic acids is 3. The smallest absolute Gasteiger partial charge is 0.287 e. The lowest BCUT2D eigenvalue weighted by Gasteiger charge is -2.34. The molecule has 2 N–H and O–H groups in total. The topological polar surface area (TPSA) is 91.7 Å². The zero-order valence-electron chi connectivity index (χ0n) is 17.0. The molecule has 1 saturated heterocycles. The van der Waals surface area contributed by atoms with Crippen LogP contribution in [-0.2, 0) is 9.59 Å². The van der Waals surface area contributed by atoms with E-state index in [1.54, 1.807) is 28.8 Å². The van der Waals surface area contributed by atoms with Crippen molar-refractivity contribution in [1.29, 1.82) is 0 Å². The normalized spacial score (nSPS) is 15.4. The second-order valence-electron chi connectivity index (χ2n) is 7.24. The van der Waals surface area contributed by atoms with E-state index in [1.165, 1.54) is 6.26 Å². The van der Waals surface area contributed by atoms with Gasteiger partial charge in [0.25, 0.3) is 5.91 Å². The van der Waals surface area contributed by atoms with Gasteiger partial charge in [-0.3, -0.25) is 14.4 Å². The van der Waals surface area contributed by atoms with E-state index in [0.717, 1.165) is 11.4 Å². The van der Waals surface area contributed by atoms with Gasteiger partial charge in [0, 0.05) is 24.7 Å². The average molecular weight is 430 g/mol. The van der Waals surface area contributed by atoms with Gasteiger partial charge in [0.05, 0.1) is 6.26 Å². The summed E-state index contributed by atoms with van der Waals surface area (Å²) in [6.45, 7) is 0.996. The number of piperidine rings is 1. The summed E-state index contributed by atoms with van der Waals surface area (Å²) in [5.41, 5.74) is 0.777. The number of nitrogens with one attached hydrogen (secondary N) is 2. The maximum Gasteiger partial charge on any atom is 0.287 e. The van der Waals surface area contributed by atoms with E-state index in [0.29, 0.717) is 32.4 Å². The number of likely N-dealkylation sites (tertiary alicyclic amines) is 1. The second-order valence-corrected chi connectivity index (χ2v) is 8.23. The molecule has 1 aliphatic rings. The molecular formula is C22H27N3O4S. The molecule has 0 aliphatic carbocycles. The van der Waals surface area contributed by atoms with Gasteiger partial charge in [-0.05, 0) is 55.5 Å². The van der Waals surface area contributed by atoms with E-state index in [9.17, 15) is 14.4 Å². The highest BCUT2D eigenvalue weighted by molar-refractivity contribution is 7.98. The zero-order chi connectivity index (χ0) is 21.3. The Morgan fingerprint density at radius 3 is 2.50 bits per heavy atom. The molecule has 1 fully saturated rings. The van der Waals surface area contributed by atoms with E-state index in [4.69, 9.17) is 4.42 Å². The Morgan fingerprint density at radius 1 is 1.13 bits per heavy atom. The number of furan rings is 1. The van der Waals surface area contributed by atoms with Gasteiger partial charge >= 0.3 is 0 Å². The van der Waals surface area contributed by atoms with E-state index in [-0.39, 0.29) is 23.5 Å². The van der Waals surface area contributed by atoms with Gasteiger partial charge in [-0.25, -0.2) is 0 Å². The van der Waals surface area contributed by atoms with Gasteiger partial charge in [0.1, 0.15) is 6.04 Å². The first-order valence-electron chi connectivity index (χ1n) is 10.1. The summed E-state index contributed by atoms with van der Waals surface area (Å²) in [5, 5.41) is 5.74. The first kappa shape index (κ1) is 22.0. The quantitative estimate of drug-likeness (QED) is 0.673. The number of carbonyl (C=O) groups is 3. The molecule has 2 aromatic rings. The Hall–Kier alpha value is -2.74. The molecule has 7 nitrogen and oxygen atoms in total. The van der Waals surface area contributed by atoms with Crippen molar-refractivity contribution < 1.29 is 18.8 Å². The number of hydrogen-bond acceptors (Lipinski definition) is 5. The number of anilines is 1. The van der Waals surface area contributed by atoms with Crippen molar-refractivity contribution >= 4 is 35.2 Å². The van der Waals surface area contributed by atoms with Crippen molar-refractivity contribution in [1.82, 2.24) is 10.2 Å². The highest BCUT2D eigenvalue weighted by atomic mass is 32.2. The fraction of sp³-hybridized carbons (Fsp3) is 0.409. The van der Waals surface area contributed by atoms with Crippen LogP contribution in [0.5, 0.6) is 0 Å². The lowest BCUT2D eigenvalue weighted by Crippen LogP contribution is -2.51. The number of amides is 3. The third-order valence-electron chi connectivity index (χ3n) is 5.18. The third-order valence-corrected chi connectivity index (χ3v) is 5.82. The summed E-state index contributed by atoms with van der Waals surface area (Å²) in [6.07, 6.45) is 5.14. The first-order valence-corrected chi connectivity index (χ1v) is 11.5. The summed E-state index contributed by atoms with van der Waals surface area (Å²) < 4.78 is 5.13. The monoisotopic (exact) mass is 429 g/mol. The molecule has 30 heavy (non-hydrogen) atoms. The molecule has 3 amide bonds. The third kappa shape index (κ3) is 5.89. The van der Waals surface area contributed by atoms with Crippen molar-refractivity contribution in [2.45, 2.75) is 25.3 Å². The minimum Gasteiger partial charge on any atom is -0.459 e. The van der Waals surface area contributed by atoms with E-state index in [1.807, 2.05) is 36.6 Å². The molecule has 160 valence electrons. The van der Waals surface area contributed by atoms with Crippen LogP contribution in [0.3, 0.4) is 0 Å². The van der Waals surface area contributed by atoms with Gasteiger partial charge in [0.15, 0.2) is 5.76 Å². The Bertz CT molecular complexity index is 833. The summed E-state index contributed by atoms with van der Waals surface area (Å²) >= 11 is 1.63. The van der Waals surface area contributed by atoms with Crippen LogP contribution in [0.4, 0.5) is 5.69 Å². The van der Waals surface area contributed by atoms with Crippen LogP contribution in [-0.4, -0.2) is 53.8 Å². The van der Waals surface area contributed by atoms with Crippen molar-refractivity contribution in [2.75, 3.05) is 30.4 Å². The van der Waals surface area contributed by atoms with E-state index in [2.05, 4.69) is 10.6 Å². The van der Waals surface area contributed by atoms with Crippen molar-refractivity contribution in [2.24, 2.45) is 5.92 Å². The molecule has 8 heteroatoms. The maximum atomic E-state index is 13.0. The fourth-order valence-corrected chi connectivity index (χ4v) is 3.95. The standard InChI is InChI=1S/C22H27N3O4S/c1-30-15-11-18(24-21(27)19-8-5-14-29-19)22(28)25-12-9-16(10-13-25)20(26)23-17-6-3-2-4-7-17/h2-8,14,16,18H,9-13,15H2,1H3,(H,23,26)(H,24,27)/t18-/m1/s1. The highest BCUT2D eigenvalue weighted by Crippen LogP contribution is 2.21. The zero-order valence-corrected chi connectivity index (χ0v) is 17.8. The van der Waals surface area contributed by atoms with Crippen LogP contribution in [0.25, 0.3) is 0 Å². The van der Waals surface area contributed by atoms with Gasteiger partial charge in [-0.15, -0.1) is 0 Å². The molecule has 0 unspecified atom stereocenters. The number of hydrogen-bond donors (Lipinski definition) is 2. The van der Waals surface area contributed by atoms with Crippen LogP contribution in [0.15, 0.2) is 53.1 Å². The minimum absolute atomic E-state index is 0.0154. The molecule has 1 atom stereocenters. The van der Waals surface area contributed by atoms with Gasteiger partial charge in [-0.1, -0.05) is 18.2 Å². The predicted octanol–water partition coefficient (Wildman–Crippen LogP) is 3.01. The molecule has 2 heterocycles. The number of thioether (sulfide) groups is 1. The lowest BCUT2D eigenvalue weighted by molar-refractivity contribution is -0.136. The Kier molecular flexibility index (Phi) is 7.96. The van der Waals surface area contributed by atoms with Crippen molar-refractivity contribution in [3.63, 3.8) is 0 Å². The average Bonchev–Trinajstić information content (AvgIpc) is 3.32. The number of nitrogens with zero attached hydrogens (tertiary/aromatic N) is 1. The largest absolute Gasteiger partial charge is 0.459 e. The molecule has 0 spiro atoms. The Morgan fingerprint density at radius 2 is 1.87 bits per heavy atom. The predicted molar refractivity (Wildman–Crippen MR) is 117 cm³/mol. The summed E-state index contributed by atoms with van der Waals surface area (Å²) in [5.74, 6) is 0.302. The van der Waals surface area contributed by atoms with Gasteiger partial charge in [-0.2, -0.15) is 11.8 Å².